The standard InChI is InChI=1S/C18H19N9O/c1-25-10-12(8-21-25)17-14(9-20-23-17)18(28)26-6-4-13(11-26)22-15-2-3-16-19-5-7-27(16)24-15/h2-3,5,7-10,13H,4,6,11H2,1H3,(H,20,23)(H,22,24). The fourth-order valence-electron chi connectivity index (χ4n) is 3.55. The minimum atomic E-state index is -0.0325. The van der Waals surface area contributed by atoms with Gasteiger partial charge in [0.25, 0.3) is 5.91 Å². The van der Waals surface area contributed by atoms with Gasteiger partial charge >= 0.3 is 0 Å². The van der Waals surface area contributed by atoms with E-state index in [2.05, 4.69) is 30.7 Å². The molecular weight excluding hydrogens is 358 g/mol. The molecule has 1 amide bonds. The van der Waals surface area contributed by atoms with Gasteiger partial charge in [0, 0.05) is 50.3 Å². The van der Waals surface area contributed by atoms with Gasteiger partial charge in [0.2, 0.25) is 0 Å². The van der Waals surface area contributed by atoms with Crippen molar-refractivity contribution in [3.8, 4) is 11.3 Å². The second kappa shape index (κ2) is 6.48. The van der Waals surface area contributed by atoms with Gasteiger partial charge in [-0.25, -0.2) is 9.50 Å². The van der Waals surface area contributed by atoms with Crippen LogP contribution >= 0.6 is 0 Å². The number of H-pyrrole nitrogens is 1. The van der Waals surface area contributed by atoms with Crippen LogP contribution in [0.25, 0.3) is 16.9 Å². The third-order valence-electron chi connectivity index (χ3n) is 4.95. The average Bonchev–Trinajstić information content (AvgIpc) is 3.47. The third kappa shape index (κ3) is 2.88. The predicted octanol–water partition coefficient (Wildman–Crippen LogP) is 1.18. The first-order chi connectivity index (χ1) is 13.7. The lowest BCUT2D eigenvalue weighted by molar-refractivity contribution is 0.0792. The lowest BCUT2D eigenvalue weighted by Crippen LogP contribution is -2.31. The number of anilines is 1. The van der Waals surface area contributed by atoms with E-state index in [1.807, 2.05) is 36.5 Å². The maximum Gasteiger partial charge on any atom is 0.257 e. The number of nitrogens with one attached hydrogen (secondary N) is 2. The largest absolute Gasteiger partial charge is 0.364 e. The summed E-state index contributed by atoms with van der Waals surface area (Å²) in [5.41, 5.74) is 2.90. The summed E-state index contributed by atoms with van der Waals surface area (Å²) in [6.07, 6.45) is 9.54. The molecule has 0 radical (unpaired) electrons. The van der Waals surface area contributed by atoms with Crippen LogP contribution in [-0.2, 0) is 7.05 Å². The number of aryl methyl sites for hydroxylation is 1. The van der Waals surface area contributed by atoms with Crippen LogP contribution in [0.5, 0.6) is 0 Å². The summed E-state index contributed by atoms with van der Waals surface area (Å²) in [4.78, 5) is 19.1. The van der Waals surface area contributed by atoms with Gasteiger partial charge in [0.1, 0.15) is 5.82 Å². The van der Waals surface area contributed by atoms with Crippen LogP contribution < -0.4 is 5.32 Å². The lowest BCUT2D eigenvalue weighted by Gasteiger charge is -2.17. The number of imidazole rings is 1. The number of hydrogen-bond donors (Lipinski definition) is 2. The minimum absolute atomic E-state index is 0.0325. The number of fused-ring (bicyclic) bond motifs is 1. The minimum Gasteiger partial charge on any atom is -0.364 e. The SMILES string of the molecule is Cn1cc(-c2[nH]ncc2C(=O)N2CCC(Nc3ccc4nccn4n3)C2)cn1. The number of nitrogens with zero attached hydrogens (tertiary/aromatic N) is 7. The summed E-state index contributed by atoms with van der Waals surface area (Å²) in [7, 11) is 1.84. The van der Waals surface area contributed by atoms with Crippen LogP contribution in [0.2, 0.25) is 0 Å². The summed E-state index contributed by atoms with van der Waals surface area (Å²) < 4.78 is 3.43. The van der Waals surface area contributed by atoms with E-state index in [0.717, 1.165) is 23.4 Å². The van der Waals surface area contributed by atoms with E-state index in [4.69, 9.17) is 0 Å². The number of likely N-dealkylation sites (tertiary alicyclic amines) is 1. The Morgan fingerprint density at radius 2 is 2.25 bits per heavy atom. The van der Waals surface area contributed by atoms with Crippen LogP contribution in [0.4, 0.5) is 5.82 Å². The zero-order valence-electron chi connectivity index (χ0n) is 15.3. The molecule has 0 bridgehead atoms. The van der Waals surface area contributed by atoms with Gasteiger partial charge in [-0.1, -0.05) is 0 Å². The van der Waals surface area contributed by atoms with E-state index >= 15 is 0 Å². The molecule has 0 spiro atoms. The predicted molar refractivity (Wildman–Crippen MR) is 102 cm³/mol. The number of rotatable bonds is 4. The van der Waals surface area contributed by atoms with Gasteiger partial charge in [-0.3, -0.25) is 14.6 Å². The van der Waals surface area contributed by atoms with E-state index in [1.54, 1.807) is 27.8 Å². The smallest absolute Gasteiger partial charge is 0.257 e. The summed E-state index contributed by atoms with van der Waals surface area (Å²) in [6, 6.07) is 3.97. The Hall–Kier alpha value is -3.69. The molecule has 0 saturated carbocycles. The van der Waals surface area contributed by atoms with Crippen molar-refractivity contribution < 1.29 is 4.79 Å². The van der Waals surface area contributed by atoms with Crippen molar-refractivity contribution in [2.75, 3.05) is 18.4 Å². The molecule has 0 aromatic carbocycles. The second-order valence-electron chi connectivity index (χ2n) is 6.89. The summed E-state index contributed by atoms with van der Waals surface area (Å²) in [5, 5.41) is 19.1. The van der Waals surface area contributed by atoms with Crippen molar-refractivity contribution >= 4 is 17.4 Å². The summed E-state index contributed by atoms with van der Waals surface area (Å²) in [6.45, 7) is 1.29. The molecule has 4 aromatic rings. The fourth-order valence-corrected chi connectivity index (χ4v) is 3.55. The van der Waals surface area contributed by atoms with E-state index in [9.17, 15) is 4.79 Å². The molecule has 5 heterocycles. The molecule has 0 aliphatic carbocycles. The number of carbonyl (C=O) groups is 1. The topological polar surface area (TPSA) is 109 Å². The van der Waals surface area contributed by atoms with E-state index < -0.39 is 0 Å². The summed E-state index contributed by atoms with van der Waals surface area (Å²) >= 11 is 0. The highest BCUT2D eigenvalue weighted by atomic mass is 16.2. The quantitative estimate of drug-likeness (QED) is 0.553. The lowest BCUT2D eigenvalue weighted by atomic mass is 10.1. The summed E-state index contributed by atoms with van der Waals surface area (Å²) in [5.74, 6) is 0.735. The van der Waals surface area contributed by atoms with Crippen LogP contribution in [0.1, 0.15) is 16.8 Å². The Morgan fingerprint density at radius 1 is 1.32 bits per heavy atom. The number of hydrogen-bond acceptors (Lipinski definition) is 6. The monoisotopic (exact) mass is 377 g/mol. The molecule has 28 heavy (non-hydrogen) atoms. The van der Waals surface area contributed by atoms with Crippen molar-refractivity contribution in [2.24, 2.45) is 7.05 Å². The molecule has 10 heteroatoms. The molecule has 1 aliphatic rings. The van der Waals surface area contributed by atoms with Crippen molar-refractivity contribution in [3.63, 3.8) is 0 Å². The van der Waals surface area contributed by atoms with E-state index in [1.165, 1.54) is 0 Å². The van der Waals surface area contributed by atoms with Gasteiger partial charge in [-0.2, -0.15) is 10.2 Å². The van der Waals surface area contributed by atoms with Gasteiger partial charge in [0.05, 0.1) is 23.7 Å². The zero-order chi connectivity index (χ0) is 19.1. The van der Waals surface area contributed by atoms with Crippen molar-refractivity contribution in [1.29, 1.82) is 0 Å². The molecular formula is C18H19N9O. The first-order valence-corrected chi connectivity index (χ1v) is 9.06. The van der Waals surface area contributed by atoms with Crippen molar-refractivity contribution in [1.82, 2.24) is 39.5 Å². The highest BCUT2D eigenvalue weighted by Crippen LogP contribution is 2.24. The number of carbonyl (C=O) groups excluding carboxylic acids is 1. The molecule has 142 valence electrons. The van der Waals surface area contributed by atoms with Crippen LogP contribution in [0.15, 0.2) is 43.1 Å². The number of amides is 1. The molecule has 1 aliphatic heterocycles. The fraction of sp³-hybridized carbons (Fsp3) is 0.278. The Labute approximate surface area is 160 Å². The molecule has 1 atom stereocenters. The van der Waals surface area contributed by atoms with Gasteiger partial charge < -0.3 is 10.2 Å². The Kier molecular flexibility index (Phi) is 3.81. The maximum atomic E-state index is 13.0. The molecule has 1 saturated heterocycles. The Bertz CT molecular complexity index is 1140. The molecule has 1 unspecified atom stereocenters. The first kappa shape index (κ1) is 16.5. The van der Waals surface area contributed by atoms with Crippen LogP contribution in [0.3, 0.4) is 0 Å². The second-order valence-corrected chi connectivity index (χ2v) is 6.89. The molecule has 5 rings (SSSR count). The highest BCUT2D eigenvalue weighted by molar-refractivity contribution is 5.99. The van der Waals surface area contributed by atoms with Gasteiger partial charge in [0.15, 0.2) is 5.65 Å². The van der Waals surface area contributed by atoms with Crippen LogP contribution in [0, 0.1) is 0 Å². The third-order valence-corrected chi connectivity index (χ3v) is 4.95. The zero-order valence-corrected chi connectivity index (χ0v) is 15.3. The molecule has 4 aromatic heterocycles. The molecule has 1 fully saturated rings. The van der Waals surface area contributed by atoms with E-state index in [-0.39, 0.29) is 11.9 Å². The normalized spacial score (nSPS) is 16.8. The molecule has 2 N–H and O–H groups in total. The van der Waals surface area contributed by atoms with Crippen molar-refractivity contribution in [2.45, 2.75) is 12.5 Å². The van der Waals surface area contributed by atoms with Gasteiger partial charge in [-0.15, -0.1) is 5.10 Å². The number of aromatic amines is 1. The Morgan fingerprint density at radius 3 is 3.11 bits per heavy atom. The van der Waals surface area contributed by atoms with E-state index in [0.29, 0.717) is 24.3 Å². The maximum absolute atomic E-state index is 13.0. The first-order valence-electron chi connectivity index (χ1n) is 9.06. The highest BCUT2D eigenvalue weighted by Gasteiger charge is 2.29. The Balaban J connectivity index is 1.29. The van der Waals surface area contributed by atoms with Crippen molar-refractivity contribution in [3.05, 3.63) is 48.7 Å². The van der Waals surface area contributed by atoms with Crippen LogP contribution in [-0.4, -0.2) is 64.5 Å². The average molecular weight is 377 g/mol. The van der Waals surface area contributed by atoms with Gasteiger partial charge in [-0.05, 0) is 18.6 Å². The molecule has 10 nitrogen and oxygen atoms in total. The number of aromatic nitrogens is 7.